The van der Waals surface area contributed by atoms with Crippen LogP contribution in [0, 0.1) is 13.8 Å². The van der Waals surface area contributed by atoms with Gasteiger partial charge in [0.2, 0.25) is 0 Å². The number of para-hydroxylation sites is 1. The van der Waals surface area contributed by atoms with Crippen molar-refractivity contribution in [2.24, 2.45) is 0 Å². The molecule has 3 rings (SSSR count). The Morgan fingerprint density at radius 1 is 0.950 bits per heavy atom. The third-order valence-corrected chi connectivity index (χ3v) is 3.83. The third-order valence-electron chi connectivity index (χ3n) is 3.83. The van der Waals surface area contributed by atoms with Crippen molar-refractivity contribution in [1.82, 2.24) is 5.32 Å². The molecule has 1 heterocycles. The first-order valence-corrected chi connectivity index (χ1v) is 6.92. The van der Waals surface area contributed by atoms with E-state index in [0.717, 1.165) is 16.7 Å². The number of aryl methyl sites for hydroxylation is 2. The molecule has 0 aliphatic carbocycles. The zero-order valence-electron chi connectivity index (χ0n) is 12.1. The van der Waals surface area contributed by atoms with Gasteiger partial charge in [0.25, 0.3) is 0 Å². The van der Waals surface area contributed by atoms with Gasteiger partial charge < -0.3 is 9.73 Å². The fourth-order valence-corrected chi connectivity index (χ4v) is 2.73. The summed E-state index contributed by atoms with van der Waals surface area (Å²) in [5.41, 5.74) is 4.68. The van der Waals surface area contributed by atoms with Crippen LogP contribution in [-0.2, 0) is 0 Å². The van der Waals surface area contributed by atoms with Gasteiger partial charge in [-0.25, -0.2) is 0 Å². The normalized spacial score (nSPS) is 12.8. The van der Waals surface area contributed by atoms with E-state index in [1.165, 1.54) is 16.7 Å². The molecule has 0 spiro atoms. The molecule has 0 saturated heterocycles. The molecule has 0 amide bonds. The molecule has 1 unspecified atom stereocenters. The maximum Gasteiger partial charge on any atom is 0.137 e. The van der Waals surface area contributed by atoms with Gasteiger partial charge in [-0.3, -0.25) is 0 Å². The number of nitrogens with one attached hydrogen (secondary N) is 1. The first kappa shape index (κ1) is 12.9. The fraction of sp³-hybridized carbons (Fsp3) is 0.222. The van der Waals surface area contributed by atoms with Crippen LogP contribution in [0.4, 0.5) is 0 Å². The Kier molecular flexibility index (Phi) is 3.33. The van der Waals surface area contributed by atoms with Crippen LogP contribution in [0.25, 0.3) is 11.0 Å². The first-order valence-electron chi connectivity index (χ1n) is 6.92. The van der Waals surface area contributed by atoms with Gasteiger partial charge >= 0.3 is 0 Å². The van der Waals surface area contributed by atoms with Gasteiger partial charge in [-0.15, -0.1) is 0 Å². The number of benzene rings is 2. The molecule has 1 aromatic heterocycles. The number of hydrogen-bond donors (Lipinski definition) is 1. The largest absolute Gasteiger partial charge is 0.459 e. The predicted octanol–water partition coefficient (Wildman–Crippen LogP) is 4.36. The van der Waals surface area contributed by atoms with Crippen molar-refractivity contribution >= 4 is 11.0 Å². The molecule has 1 N–H and O–H groups in total. The molecule has 2 heteroatoms. The predicted molar refractivity (Wildman–Crippen MR) is 83.0 cm³/mol. The van der Waals surface area contributed by atoms with E-state index < -0.39 is 0 Å². The van der Waals surface area contributed by atoms with Crippen LogP contribution in [0.5, 0.6) is 0 Å². The average molecular weight is 265 g/mol. The van der Waals surface area contributed by atoms with Crippen molar-refractivity contribution in [3.63, 3.8) is 0 Å². The Balaban J connectivity index is 2.12. The van der Waals surface area contributed by atoms with Gasteiger partial charge in [0.15, 0.2) is 0 Å². The molecule has 20 heavy (non-hydrogen) atoms. The van der Waals surface area contributed by atoms with Crippen molar-refractivity contribution in [1.29, 1.82) is 0 Å². The zero-order valence-corrected chi connectivity index (χ0v) is 12.1. The molecule has 0 bridgehead atoms. The third kappa shape index (κ3) is 2.12. The summed E-state index contributed by atoms with van der Waals surface area (Å²) in [6.45, 7) is 4.21. The fourth-order valence-electron chi connectivity index (χ4n) is 2.73. The van der Waals surface area contributed by atoms with E-state index in [0.29, 0.717) is 0 Å². The highest BCUT2D eigenvalue weighted by Crippen LogP contribution is 2.30. The summed E-state index contributed by atoms with van der Waals surface area (Å²) >= 11 is 0. The van der Waals surface area contributed by atoms with E-state index in [1.807, 2.05) is 7.05 Å². The maximum atomic E-state index is 6.10. The Hall–Kier alpha value is -2.06. The van der Waals surface area contributed by atoms with Crippen molar-refractivity contribution in [2.75, 3.05) is 7.05 Å². The summed E-state index contributed by atoms with van der Waals surface area (Å²) in [7, 11) is 1.97. The van der Waals surface area contributed by atoms with Crippen LogP contribution < -0.4 is 5.32 Å². The van der Waals surface area contributed by atoms with E-state index in [2.05, 4.69) is 67.7 Å². The quantitative estimate of drug-likeness (QED) is 0.761. The number of rotatable bonds is 3. The lowest BCUT2D eigenvalue weighted by Gasteiger charge is -2.16. The SMILES string of the molecule is CNC(c1cc2cccc(C)c2o1)c1ccccc1C. The van der Waals surface area contributed by atoms with Gasteiger partial charge in [-0.05, 0) is 43.7 Å². The van der Waals surface area contributed by atoms with E-state index in [4.69, 9.17) is 4.42 Å². The molecule has 2 aromatic carbocycles. The highest BCUT2D eigenvalue weighted by atomic mass is 16.3. The van der Waals surface area contributed by atoms with Gasteiger partial charge in [-0.1, -0.05) is 42.5 Å². The van der Waals surface area contributed by atoms with Gasteiger partial charge in [0.1, 0.15) is 11.3 Å². The van der Waals surface area contributed by atoms with Crippen LogP contribution in [0.2, 0.25) is 0 Å². The second-order valence-electron chi connectivity index (χ2n) is 5.22. The summed E-state index contributed by atoms with van der Waals surface area (Å²) in [6.07, 6.45) is 0. The lowest BCUT2D eigenvalue weighted by molar-refractivity contribution is 0.489. The van der Waals surface area contributed by atoms with Crippen molar-refractivity contribution in [3.8, 4) is 0 Å². The van der Waals surface area contributed by atoms with Gasteiger partial charge in [0.05, 0.1) is 6.04 Å². The highest BCUT2D eigenvalue weighted by molar-refractivity contribution is 5.81. The Morgan fingerprint density at radius 3 is 2.40 bits per heavy atom. The smallest absolute Gasteiger partial charge is 0.137 e. The molecule has 102 valence electrons. The summed E-state index contributed by atoms with van der Waals surface area (Å²) in [5.74, 6) is 0.964. The number of furan rings is 1. The standard InChI is InChI=1S/C18H19NO/c1-12-7-4-5-10-15(12)17(19-3)16-11-14-9-6-8-13(2)18(14)20-16/h4-11,17,19H,1-3H3. The first-order chi connectivity index (χ1) is 9.70. The lowest BCUT2D eigenvalue weighted by atomic mass is 9.99. The second-order valence-corrected chi connectivity index (χ2v) is 5.22. The number of fused-ring (bicyclic) bond motifs is 1. The number of hydrogen-bond acceptors (Lipinski definition) is 2. The minimum atomic E-state index is 0.0861. The summed E-state index contributed by atoms with van der Waals surface area (Å²) < 4.78 is 6.10. The Labute approximate surface area is 119 Å². The average Bonchev–Trinajstić information content (AvgIpc) is 2.87. The molecule has 0 fully saturated rings. The van der Waals surface area contributed by atoms with Crippen LogP contribution in [0.3, 0.4) is 0 Å². The van der Waals surface area contributed by atoms with Gasteiger partial charge in [0, 0.05) is 5.39 Å². The molecule has 0 saturated carbocycles. The molecule has 2 nitrogen and oxygen atoms in total. The topological polar surface area (TPSA) is 25.2 Å². The lowest BCUT2D eigenvalue weighted by Crippen LogP contribution is -2.17. The van der Waals surface area contributed by atoms with Crippen molar-refractivity contribution in [3.05, 3.63) is 71.0 Å². The molecule has 3 aromatic rings. The summed E-state index contributed by atoms with van der Waals surface area (Å²) in [6, 6.07) is 16.9. The van der Waals surface area contributed by atoms with Crippen LogP contribution >= 0.6 is 0 Å². The Bertz CT molecular complexity index is 742. The van der Waals surface area contributed by atoms with E-state index in [1.54, 1.807) is 0 Å². The van der Waals surface area contributed by atoms with Crippen LogP contribution in [0.1, 0.15) is 28.5 Å². The molecule has 0 aliphatic heterocycles. The van der Waals surface area contributed by atoms with Crippen LogP contribution in [-0.4, -0.2) is 7.05 Å². The highest BCUT2D eigenvalue weighted by Gasteiger charge is 2.18. The molecular weight excluding hydrogens is 246 g/mol. The molecule has 0 radical (unpaired) electrons. The van der Waals surface area contributed by atoms with Crippen molar-refractivity contribution < 1.29 is 4.42 Å². The molecule has 0 aliphatic rings. The minimum Gasteiger partial charge on any atom is -0.459 e. The van der Waals surface area contributed by atoms with E-state index >= 15 is 0 Å². The summed E-state index contributed by atoms with van der Waals surface area (Å²) in [5, 5.41) is 4.52. The van der Waals surface area contributed by atoms with Crippen LogP contribution in [0.15, 0.2) is 52.9 Å². The van der Waals surface area contributed by atoms with Crippen molar-refractivity contribution in [2.45, 2.75) is 19.9 Å². The minimum absolute atomic E-state index is 0.0861. The summed E-state index contributed by atoms with van der Waals surface area (Å²) in [4.78, 5) is 0. The maximum absolute atomic E-state index is 6.10. The van der Waals surface area contributed by atoms with E-state index in [9.17, 15) is 0 Å². The second kappa shape index (κ2) is 5.14. The Morgan fingerprint density at radius 2 is 1.70 bits per heavy atom. The molecular formula is C18H19NO. The monoisotopic (exact) mass is 265 g/mol. The van der Waals surface area contributed by atoms with Gasteiger partial charge in [-0.2, -0.15) is 0 Å². The van der Waals surface area contributed by atoms with E-state index in [-0.39, 0.29) is 6.04 Å². The zero-order chi connectivity index (χ0) is 14.1. The molecule has 1 atom stereocenters.